The zero-order valence-electron chi connectivity index (χ0n) is 9.86. The summed E-state index contributed by atoms with van der Waals surface area (Å²) >= 11 is 0. The molecule has 2 nitrogen and oxygen atoms in total. The smallest absolute Gasteiger partial charge is 0.121 e. The lowest BCUT2D eigenvalue weighted by molar-refractivity contribution is 0.264. The Labute approximate surface area is 103 Å². The van der Waals surface area contributed by atoms with Crippen LogP contribution in [0, 0.1) is 19.8 Å². The lowest BCUT2D eigenvalue weighted by Gasteiger charge is -2.31. The highest BCUT2D eigenvalue weighted by atomic mass is 35.5. The first-order chi connectivity index (χ1) is 7.09. The maximum absolute atomic E-state index is 9.68. The molecule has 1 saturated carbocycles. The lowest BCUT2D eigenvalue weighted by atomic mass is 9.77. The lowest BCUT2D eigenvalue weighted by Crippen LogP contribution is -2.26. The van der Waals surface area contributed by atoms with Crippen molar-refractivity contribution in [3.63, 3.8) is 0 Å². The Morgan fingerprint density at radius 1 is 1.25 bits per heavy atom. The van der Waals surface area contributed by atoms with Crippen molar-refractivity contribution in [3.8, 4) is 5.75 Å². The molecule has 0 aliphatic heterocycles. The summed E-state index contributed by atoms with van der Waals surface area (Å²) in [4.78, 5) is 0. The normalized spacial score (nSPS) is 17.4. The molecule has 1 aromatic rings. The van der Waals surface area contributed by atoms with Gasteiger partial charge in [0, 0.05) is 6.04 Å². The molecule has 0 bridgehead atoms. The van der Waals surface area contributed by atoms with Crippen LogP contribution in [0.25, 0.3) is 0 Å². The molecule has 0 spiro atoms. The number of rotatable bonds is 2. The Balaban J connectivity index is 0.00000128. The van der Waals surface area contributed by atoms with Gasteiger partial charge in [-0.2, -0.15) is 0 Å². The van der Waals surface area contributed by atoms with Gasteiger partial charge in [0.2, 0.25) is 0 Å². The molecule has 16 heavy (non-hydrogen) atoms. The standard InChI is InChI=1S/C13H19NO.ClH/c1-8-6-11(7-9(2)13(8)15)12(14)10-4-3-5-10;/h6-7,10,12,15H,3-5,14H2,1-2H3;1H/t12-;/m1./s1. The third-order valence-electron chi connectivity index (χ3n) is 3.56. The second-order valence-electron chi connectivity index (χ2n) is 4.72. The summed E-state index contributed by atoms with van der Waals surface area (Å²) < 4.78 is 0. The van der Waals surface area contributed by atoms with E-state index in [0.717, 1.165) is 11.1 Å². The molecule has 2 rings (SSSR count). The van der Waals surface area contributed by atoms with Gasteiger partial charge in [-0.25, -0.2) is 0 Å². The molecule has 0 unspecified atom stereocenters. The molecule has 1 fully saturated rings. The molecule has 90 valence electrons. The van der Waals surface area contributed by atoms with E-state index >= 15 is 0 Å². The fourth-order valence-electron chi connectivity index (χ4n) is 2.25. The van der Waals surface area contributed by atoms with Gasteiger partial charge in [-0.1, -0.05) is 18.6 Å². The quantitative estimate of drug-likeness (QED) is 0.835. The predicted octanol–water partition coefficient (Wildman–Crippen LogP) is 3.23. The summed E-state index contributed by atoms with van der Waals surface area (Å²) in [5.41, 5.74) is 9.24. The fourth-order valence-corrected chi connectivity index (χ4v) is 2.25. The number of benzene rings is 1. The molecule has 1 aromatic carbocycles. The van der Waals surface area contributed by atoms with Crippen molar-refractivity contribution >= 4 is 12.4 Å². The highest BCUT2D eigenvalue weighted by Crippen LogP contribution is 2.37. The number of nitrogens with two attached hydrogens (primary N) is 1. The van der Waals surface area contributed by atoms with Gasteiger partial charge in [0.15, 0.2) is 0 Å². The van der Waals surface area contributed by atoms with Crippen LogP contribution in [0.15, 0.2) is 12.1 Å². The van der Waals surface area contributed by atoms with Gasteiger partial charge in [0.1, 0.15) is 5.75 Å². The number of halogens is 1. The molecule has 1 atom stereocenters. The Kier molecular flexibility index (Phi) is 4.22. The van der Waals surface area contributed by atoms with E-state index in [1.54, 1.807) is 0 Å². The monoisotopic (exact) mass is 241 g/mol. The molecule has 0 amide bonds. The largest absolute Gasteiger partial charge is 0.507 e. The molecule has 3 heteroatoms. The van der Waals surface area contributed by atoms with Gasteiger partial charge >= 0.3 is 0 Å². The third kappa shape index (κ3) is 2.33. The van der Waals surface area contributed by atoms with Crippen LogP contribution in [0.5, 0.6) is 5.75 Å². The number of hydrogen-bond acceptors (Lipinski definition) is 2. The predicted molar refractivity (Wildman–Crippen MR) is 69.1 cm³/mol. The van der Waals surface area contributed by atoms with E-state index in [0.29, 0.717) is 11.7 Å². The zero-order chi connectivity index (χ0) is 11.0. The van der Waals surface area contributed by atoms with Crippen LogP contribution in [0.1, 0.15) is 42.0 Å². The molecule has 0 saturated heterocycles. The average Bonchev–Trinajstić information content (AvgIpc) is 2.10. The molecule has 0 radical (unpaired) electrons. The first-order valence-electron chi connectivity index (χ1n) is 5.65. The van der Waals surface area contributed by atoms with Crippen molar-refractivity contribution in [2.45, 2.75) is 39.2 Å². The van der Waals surface area contributed by atoms with E-state index in [9.17, 15) is 5.11 Å². The number of hydrogen-bond donors (Lipinski definition) is 2. The number of aryl methyl sites for hydroxylation is 2. The van der Waals surface area contributed by atoms with E-state index in [4.69, 9.17) is 5.73 Å². The van der Waals surface area contributed by atoms with Crippen molar-refractivity contribution in [3.05, 3.63) is 28.8 Å². The minimum atomic E-state index is 0. The molecule has 3 N–H and O–H groups in total. The van der Waals surface area contributed by atoms with Gasteiger partial charge in [0.25, 0.3) is 0 Å². The number of phenols is 1. The van der Waals surface area contributed by atoms with Crippen LogP contribution in [0.4, 0.5) is 0 Å². The van der Waals surface area contributed by atoms with Gasteiger partial charge in [-0.3, -0.25) is 0 Å². The molecule has 1 aliphatic carbocycles. The molecule has 0 aromatic heterocycles. The summed E-state index contributed by atoms with van der Waals surface area (Å²) in [5, 5.41) is 9.68. The first-order valence-corrected chi connectivity index (χ1v) is 5.65. The summed E-state index contributed by atoms with van der Waals surface area (Å²) in [6.07, 6.45) is 3.81. The van der Waals surface area contributed by atoms with Crippen LogP contribution >= 0.6 is 12.4 Å². The zero-order valence-corrected chi connectivity index (χ0v) is 10.7. The minimum absolute atomic E-state index is 0. The highest BCUT2D eigenvalue weighted by molar-refractivity contribution is 5.85. The second kappa shape index (κ2) is 5.07. The van der Waals surface area contributed by atoms with Gasteiger partial charge in [-0.15, -0.1) is 12.4 Å². The van der Waals surface area contributed by atoms with Crippen LogP contribution in [0.3, 0.4) is 0 Å². The first kappa shape index (κ1) is 13.3. The summed E-state index contributed by atoms with van der Waals surface area (Å²) in [7, 11) is 0. The van der Waals surface area contributed by atoms with Gasteiger partial charge in [0.05, 0.1) is 0 Å². The molecule has 1 aliphatic rings. The average molecular weight is 242 g/mol. The van der Waals surface area contributed by atoms with Crippen molar-refractivity contribution in [1.29, 1.82) is 0 Å². The van der Waals surface area contributed by atoms with Crippen LogP contribution in [0.2, 0.25) is 0 Å². The van der Waals surface area contributed by atoms with E-state index in [2.05, 4.69) is 0 Å². The molecular formula is C13H20ClNO. The summed E-state index contributed by atoms with van der Waals surface area (Å²) in [5.74, 6) is 1.05. The van der Waals surface area contributed by atoms with Crippen LogP contribution in [-0.4, -0.2) is 5.11 Å². The Bertz CT molecular complexity index is 351. The number of aromatic hydroxyl groups is 1. The van der Waals surface area contributed by atoms with Crippen molar-refractivity contribution in [1.82, 2.24) is 0 Å². The SMILES string of the molecule is Cc1cc([C@H](N)C2CCC2)cc(C)c1O.Cl. The van der Waals surface area contributed by atoms with Gasteiger partial charge in [-0.05, 0) is 49.3 Å². The van der Waals surface area contributed by atoms with Gasteiger partial charge < -0.3 is 10.8 Å². The summed E-state index contributed by atoms with van der Waals surface area (Å²) in [6, 6.07) is 4.19. The van der Waals surface area contributed by atoms with Crippen molar-refractivity contribution < 1.29 is 5.11 Å². The molecule has 0 heterocycles. The Morgan fingerprint density at radius 2 is 1.75 bits per heavy atom. The van der Waals surface area contributed by atoms with E-state index < -0.39 is 0 Å². The minimum Gasteiger partial charge on any atom is -0.507 e. The topological polar surface area (TPSA) is 46.2 Å². The Morgan fingerprint density at radius 3 is 2.12 bits per heavy atom. The van der Waals surface area contributed by atoms with Crippen LogP contribution < -0.4 is 5.73 Å². The van der Waals surface area contributed by atoms with Crippen LogP contribution in [-0.2, 0) is 0 Å². The Hall–Kier alpha value is -0.730. The highest BCUT2D eigenvalue weighted by Gasteiger charge is 2.25. The van der Waals surface area contributed by atoms with Crippen molar-refractivity contribution in [2.24, 2.45) is 11.7 Å². The van der Waals surface area contributed by atoms with E-state index in [-0.39, 0.29) is 18.4 Å². The summed E-state index contributed by atoms with van der Waals surface area (Å²) in [6.45, 7) is 3.86. The number of phenolic OH excluding ortho intramolecular Hbond substituents is 1. The maximum atomic E-state index is 9.68. The maximum Gasteiger partial charge on any atom is 0.121 e. The van der Waals surface area contributed by atoms with Crippen molar-refractivity contribution in [2.75, 3.05) is 0 Å². The molecular weight excluding hydrogens is 222 g/mol. The van der Waals surface area contributed by atoms with E-state index in [1.165, 1.54) is 24.8 Å². The fraction of sp³-hybridized carbons (Fsp3) is 0.538. The third-order valence-corrected chi connectivity index (χ3v) is 3.56. The second-order valence-corrected chi connectivity index (χ2v) is 4.72. The van der Waals surface area contributed by atoms with E-state index in [1.807, 2.05) is 26.0 Å².